The van der Waals surface area contributed by atoms with Gasteiger partial charge in [-0.05, 0) is 70.1 Å². The Morgan fingerprint density at radius 2 is 1.48 bits per heavy atom. The van der Waals surface area contributed by atoms with Gasteiger partial charge in [-0.1, -0.05) is 12.1 Å². The van der Waals surface area contributed by atoms with Gasteiger partial charge in [0.25, 0.3) is 0 Å². The molecule has 0 saturated heterocycles. The smallest absolute Gasteiger partial charge is 0.0573 e. The molecular weight excluding hydrogens is 284 g/mol. The van der Waals surface area contributed by atoms with E-state index in [2.05, 4.69) is 46.2 Å². The fourth-order valence-corrected chi connectivity index (χ4v) is 2.64. The second-order valence-corrected chi connectivity index (χ2v) is 6.06. The number of aromatic nitrogens is 2. The summed E-state index contributed by atoms with van der Waals surface area (Å²) in [5.41, 5.74) is 4.83. The van der Waals surface area contributed by atoms with Crippen LogP contribution in [0.5, 0.6) is 0 Å². The van der Waals surface area contributed by atoms with Crippen molar-refractivity contribution in [2.45, 2.75) is 39.8 Å². The maximum absolute atomic E-state index is 4.55. The highest BCUT2D eigenvalue weighted by Gasteiger charge is 2.11. The molecule has 2 heterocycles. The summed E-state index contributed by atoms with van der Waals surface area (Å²) in [7, 11) is 2.01. The van der Waals surface area contributed by atoms with Crippen LogP contribution in [0.3, 0.4) is 0 Å². The molecule has 23 heavy (non-hydrogen) atoms. The SMILES string of the molecule is CNCCCCN(Cc1ncccc1C)Cc1ncccc1C. The number of hydrogen-bond acceptors (Lipinski definition) is 4. The summed E-state index contributed by atoms with van der Waals surface area (Å²) in [6.07, 6.45) is 6.13. The van der Waals surface area contributed by atoms with Gasteiger partial charge in [0, 0.05) is 25.5 Å². The van der Waals surface area contributed by atoms with Crippen molar-refractivity contribution in [1.82, 2.24) is 20.2 Å². The molecule has 2 aromatic heterocycles. The summed E-state index contributed by atoms with van der Waals surface area (Å²) in [5.74, 6) is 0. The molecule has 0 spiro atoms. The lowest BCUT2D eigenvalue weighted by Gasteiger charge is -2.23. The normalized spacial score (nSPS) is 11.1. The minimum atomic E-state index is 0.877. The molecular formula is C19H28N4. The Labute approximate surface area is 140 Å². The van der Waals surface area contributed by atoms with E-state index in [1.807, 2.05) is 31.6 Å². The van der Waals surface area contributed by atoms with Gasteiger partial charge in [0.15, 0.2) is 0 Å². The van der Waals surface area contributed by atoms with E-state index in [0.29, 0.717) is 0 Å². The summed E-state index contributed by atoms with van der Waals surface area (Å²) in [4.78, 5) is 11.6. The lowest BCUT2D eigenvalue weighted by Crippen LogP contribution is -2.26. The zero-order valence-corrected chi connectivity index (χ0v) is 14.5. The van der Waals surface area contributed by atoms with Crippen LogP contribution in [0, 0.1) is 13.8 Å². The van der Waals surface area contributed by atoms with Gasteiger partial charge in [0.1, 0.15) is 0 Å². The van der Waals surface area contributed by atoms with Crippen LogP contribution in [0.4, 0.5) is 0 Å². The molecule has 0 bridgehead atoms. The Kier molecular flexibility index (Phi) is 7.17. The molecule has 0 amide bonds. The predicted octanol–water partition coefficient (Wildman–Crippen LogP) is 3.10. The number of pyridine rings is 2. The molecule has 2 rings (SSSR count). The number of aryl methyl sites for hydroxylation is 2. The second kappa shape index (κ2) is 9.38. The van der Waals surface area contributed by atoms with Crippen molar-refractivity contribution in [2.75, 3.05) is 20.1 Å². The van der Waals surface area contributed by atoms with Crippen LogP contribution in [0.25, 0.3) is 0 Å². The maximum atomic E-state index is 4.55. The van der Waals surface area contributed by atoms with Crippen molar-refractivity contribution >= 4 is 0 Å². The van der Waals surface area contributed by atoms with Crippen LogP contribution in [-0.2, 0) is 13.1 Å². The van der Waals surface area contributed by atoms with Crippen LogP contribution >= 0.6 is 0 Å². The number of hydrogen-bond donors (Lipinski definition) is 1. The van der Waals surface area contributed by atoms with E-state index < -0.39 is 0 Å². The monoisotopic (exact) mass is 312 g/mol. The van der Waals surface area contributed by atoms with Gasteiger partial charge in [-0.2, -0.15) is 0 Å². The highest BCUT2D eigenvalue weighted by atomic mass is 15.1. The van der Waals surface area contributed by atoms with Crippen LogP contribution in [0.1, 0.15) is 35.4 Å². The van der Waals surface area contributed by atoms with E-state index in [1.54, 1.807) is 0 Å². The highest BCUT2D eigenvalue weighted by Crippen LogP contribution is 2.13. The minimum Gasteiger partial charge on any atom is -0.320 e. The van der Waals surface area contributed by atoms with Crippen molar-refractivity contribution < 1.29 is 0 Å². The van der Waals surface area contributed by atoms with Crippen LogP contribution < -0.4 is 5.32 Å². The molecule has 0 atom stereocenters. The summed E-state index contributed by atoms with van der Waals surface area (Å²) in [6.45, 7) is 8.15. The molecule has 0 aliphatic rings. The van der Waals surface area contributed by atoms with E-state index in [4.69, 9.17) is 0 Å². The van der Waals surface area contributed by atoms with Gasteiger partial charge in [-0.15, -0.1) is 0 Å². The number of unbranched alkanes of at least 4 members (excludes halogenated alkanes) is 1. The lowest BCUT2D eigenvalue weighted by atomic mass is 10.1. The largest absolute Gasteiger partial charge is 0.320 e. The fourth-order valence-electron chi connectivity index (χ4n) is 2.64. The Hall–Kier alpha value is -1.78. The standard InChI is InChI=1S/C19H28N4/c1-16-8-6-11-21-18(16)14-23(13-5-4-10-20-3)15-19-17(2)9-7-12-22-19/h6-9,11-12,20H,4-5,10,13-15H2,1-3H3. The molecule has 0 aliphatic heterocycles. The van der Waals surface area contributed by atoms with Crippen molar-refractivity contribution in [1.29, 1.82) is 0 Å². The summed E-state index contributed by atoms with van der Waals surface area (Å²) in [6, 6.07) is 8.26. The molecule has 0 aliphatic carbocycles. The van der Waals surface area contributed by atoms with E-state index in [1.165, 1.54) is 24.0 Å². The van der Waals surface area contributed by atoms with Crippen molar-refractivity contribution in [3.05, 3.63) is 59.2 Å². The molecule has 0 saturated carbocycles. The van der Waals surface area contributed by atoms with Gasteiger partial charge in [-0.25, -0.2) is 0 Å². The number of nitrogens with one attached hydrogen (secondary N) is 1. The molecule has 4 heteroatoms. The van der Waals surface area contributed by atoms with Gasteiger partial charge in [0.2, 0.25) is 0 Å². The quantitative estimate of drug-likeness (QED) is 0.722. The average molecular weight is 312 g/mol. The number of nitrogens with zero attached hydrogens (tertiary/aromatic N) is 3. The predicted molar refractivity (Wildman–Crippen MR) is 95.2 cm³/mol. The summed E-state index contributed by atoms with van der Waals surface area (Å²) >= 11 is 0. The van der Waals surface area contributed by atoms with Gasteiger partial charge in [-0.3, -0.25) is 14.9 Å². The topological polar surface area (TPSA) is 41.0 Å². The van der Waals surface area contributed by atoms with E-state index >= 15 is 0 Å². The Bertz CT molecular complexity index is 550. The summed E-state index contributed by atoms with van der Waals surface area (Å²) < 4.78 is 0. The first-order valence-corrected chi connectivity index (χ1v) is 8.38. The van der Waals surface area contributed by atoms with Crippen molar-refractivity contribution in [3.63, 3.8) is 0 Å². The van der Waals surface area contributed by atoms with Crippen LogP contribution in [0.2, 0.25) is 0 Å². The van der Waals surface area contributed by atoms with Gasteiger partial charge >= 0.3 is 0 Å². The maximum Gasteiger partial charge on any atom is 0.0573 e. The molecule has 2 aromatic rings. The molecule has 4 nitrogen and oxygen atoms in total. The Balaban J connectivity index is 2.05. The van der Waals surface area contributed by atoms with Crippen molar-refractivity contribution in [2.24, 2.45) is 0 Å². The highest BCUT2D eigenvalue weighted by molar-refractivity contribution is 5.19. The fraction of sp³-hybridized carbons (Fsp3) is 0.474. The lowest BCUT2D eigenvalue weighted by molar-refractivity contribution is 0.244. The third kappa shape index (κ3) is 5.73. The minimum absolute atomic E-state index is 0.877. The van der Waals surface area contributed by atoms with Gasteiger partial charge < -0.3 is 5.32 Å². The molecule has 1 N–H and O–H groups in total. The zero-order chi connectivity index (χ0) is 16.5. The summed E-state index contributed by atoms with van der Waals surface area (Å²) in [5, 5.41) is 3.22. The van der Waals surface area contributed by atoms with Gasteiger partial charge in [0.05, 0.1) is 11.4 Å². The molecule has 0 unspecified atom stereocenters. The first-order valence-electron chi connectivity index (χ1n) is 8.38. The molecule has 0 fully saturated rings. The third-order valence-corrected chi connectivity index (χ3v) is 4.13. The third-order valence-electron chi connectivity index (χ3n) is 4.13. The van der Waals surface area contributed by atoms with Crippen molar-refractivity contribution in [3.8, 4) is 0 Å². The van der Waals surface area contributed by atoms with Crippen LogP contribution in [-0.4, -0.2) is 35.0 Å². The molecule has 0 aromatic carbocycles. The van der Waals surface area contributed by atoms with E-state index in [0.717, 1.165) is 37.6 Å². The Morgan fingerprint density at radius 1 is 0.913 bits per heavy atom. The second-order valence-electron chi connectivity index (χ2n) is 6.06. The van der Waals surface area contributed by atoms with E-state index in [-0.39, 0.29) is 0 Å². The first kappa shape index (κ1) is 17.6. The first-order chi connectivity index (χ1) is 11.2. The van der Waals surface area contributed by atoms with Crippen LogP contribution in [0.15, 0.2) is 36.7 Å². The van der Waals surface area contributed by atoms with E-state index in [9.17, 15) is 0 Å². The number of rotatable bonds is 9. The molecule has 0 radical (unpaired) electrons. The molecule has 124 valence electrons. The average Bonchev–Trinajstić information content (AvgIpc) is 2.55. The zero-order valence-electron chi connectivity index (χ0n) is 14.5. The Morgan fingerprint density at radius 3 is 1.96 bits per heavy atom.